The highest BCUT2D eigenvalue weighted by molar-refractivity contribution is 6.07. The maximum atomic E-state index is 13.1. The predicted molar refractivity (Wildman–Crippen MR) is 128 cm³/mol. The van der Waals surface area contributed by atoms with E-state index in [1.165, 1.54) is 32.4 Å². The number of carbonyl (C=O) groups is 3. The van der Waals surface area contributed by atoms with Crippen molar-refractivity contribution in [2.24, 2.45) is 0 Å². The van der Waals surface area contributed by atoms with E-state index in [0.29, 0.717) is 11.4 Å². The van der Waals surface area contributed by atoms with Gasteiger partial charge in [0.05, 0.1) is 36.6 Å². The van der Waals surface area contributed by atoms with E-state index in [4.69, 9.17) is 14.2 Å². The van der Waals surface area contributed by atoms with Gasteiger partial charge in [-0.15, -0.1) is 0 Å². The zero-order chi connectivity index (χ0) is 24.9. The van der Waals surface area contributed by atoms with E-state index < -0.39 is 17.8 Å². The third kappa shape index (κ3) is 5.14. The average Bonchev–Trinajstić information content (AvgIpc) is 3.31. The molecule has 1 amide bonds. The molecule has 0 aliphatic carbocycles. The molecule has 1 N–H and O–H groups in total. The maximum Gasteiger partial charge on any atom is 0.337 e. The van der Waals surface area contributed by atoms with Crippen LogP contribution in [0.15, 0.2) is 67.0 Å². The van der Waals surface area contributed by atoms with E-state index in [0.717, 1.165) is 11.2 Å². The molecule has 0 aliphatic rings. The number of para-hydroxylation sites is 1. The third-order valence-electron chi connectivity index (χ3n) is 5.27. The van der Waals surface area contributed by atoms with Crippen LogP contribution < -0.4 is 10.1 Å². The number of ether oxygens (including phenoxy) is 3. The van der Waals surface area contributed by atoms with Crippen molar-refractivity contribution in [2.45, 2.75) is 13.5 Å². The highest BCUT2D eigenvalue weighted by atomic mass is 16.5. The minimum absolute atomic E-state index is 0.0948. The van der Waals surface area contributed by atoms with Gasteiger partial charge in [0.25, 0.3) is 5.91 Å². The molecule has 2 aromatic carbocycles. The zero-order valence-corrected chi connectivity index (χ0v) is 19.4. The molecule has 2 aromatic heterocycles. The standard InChI is InChI=1S/C26H23N3O6/c1-16-7-6-10-29-14-20(27-23(16)29)15-35-22-9-5-4-8-21(22)24(30)28-19-12-17(25(31)33-2)11-18(13-19)26(32)34-3/h4-14H,15H2,1-3H3,(H,28,30). The summed E-state index contributed by atoms with van der Waals surface area (Å²) in [5, 5.41) is 2.71. The third-order valence-corrected chi connectivity index (χ3v) is 5.27. The first kappa shape index (κ1) is 23.5. The molecule has 4 aromatic rings. The lowest BCUT2D eigenvalue weighted by molar-refractivity contribution is 0.0598. The molecule has 0 atom stereocenters. The number of hydrogen-bond donors (Lipinski definition) is 1. The number of carbonyl (C=O) groups excluding carboxylic acids is 3. The monoisotopic (exact) mass is 473 g/mol. The van der Waals surface area contributed by atoms with E-state index in [2.05, 4.69) is 10.3 Å². The van der Waals surface area contributed by atoms with Gasteiger partial charge in [0.15, 0.2) is 0 Å². The number of amides is 1. The Labute approximate surface area is 201 Å². The van der Waals surface area contributed by atoms with Crippen LogP contribution in [-0.4, -0.2) is 41.5 Å². The lowest BCUT2D eigenvalue weighted by Gasteiger charge is -2.12. The largest absolute Gasteiger partial charge is 0.486 e. The fourth-order valence-electron chi connectivity index (χ4n) is 3.58. The van der Waals surface area contributed by atoms with Crippen molar-refractivity contribution in [1.29, 1.82) is 0 Å². The van der Waals surface area contributed by atoms with E-state index >= 15 is 0 Å². The van der Waals surface area contributed by atoms with Crippen LogP contribution in [0.3, 0.4) is 0 Å². The summed E-state index contributed by atoms with van der Waals surface area (Å²) in [5.41, 5.74) is 3.28. The molecule has 35 heavy (non-hydrogen) atoms. The SMILES string of the molecule is COC(=O)c1cc(NC(=O)c2ccccc2OCc2cn3cccc(C)c3n2)cc(C(=O)OC)c1. The molecule has 0 radical (unpaired) electrons. The molecule has 0 unspecified atom stereocenters. The van der Waals surface area contributed by atoms with Crippen LogP contribution in [0.4, 0.5) is 5.69 Å². The number of imidazole rings is 1. The molecule has 0 aliphatic heterocycles. The minimum atomic E-state index is -0.655. The lowest BCUT2D eigenvalue weighted by atomic mass is 10.1. The quantitative estimate of drug-likeness (QED) is 0.404. The highest BCUT2D eigenvalue weighted by Gasteiger charge is 2.18. The Kier molecular flexibility index (Phi) is 6.77. The lowest BCUT2D eigenvalue weighted by Crippen LogP contribution is -2.15. The number of hydrogen-bond acceptors (Lipinski definition) is 7. The number of fused-ring (bicyclic) bond motifs is 1. The number of rotatable bonds is 7. The summed E-state index contributed by atoms with van der Waals surface area (Å²) >= 11 is 0. The first-order valence-corrected chi connectivity index (χ1v) is 10.7. The molecule has 178 valence electrons. The molecule has 0 fully saturated rings. The fraction of sp³-hybridized carbons (Fsp3) is 0.154. The van der Waals surface area contributed by atoms with Crippen molar-refractivity contribution < 1.29 is 28.6 Å². The summed E-state index contributed by atoms with van der Waals surface area (Å²) in [6, 6.07) is 14.8. The van der Waals surface area contributed by atoms with Crippen LogP contribution in [0.1, 0.15) is 42.3 Å². The van der Waals surface area contributed by atoms with Gasteiger partial charge in [-0.05, 0) is 48.9 Å². The molecular formula is C26H23N3O6. The Morgan fingerprint density at radius 1 is 0.943 bits per heavy atom. The summed E-state index contributed by atoms with van der Waals surface area (Å²) in [6.45, 7) is 2.14. The van der Waals surface area contributed by atoms with Crippen molar-refractivity contribution in [2.75, 3.05) is 19.5 Å². The summed E-state index contributed by atoms with van der Waals surface area (Å²) in [4.78, 5) is 41.7. The molecule has 9 heteroatoms. The minimum Gasteiger partial charge on any atom is -0.486 e. The second-order valence-corrected chi connectivity index (χ2v) is 7.68. The summed E-state index contributed by atoms with van der Waals surface area (Å²) in [5.74, 6) is -1.43. The number of aryl methyl sites for hydroxylation is 1. The Bertz CT molecular complexity index is 1390. The van der Waals surface area contributed by atoms with Crippen LogP contribution in [0.25, 0.3) is 5.65 Å². The number of methoxy groups -OCH3 is 2. The summed E-state index contributed by atoms with van der Waals surface area (Å²) < 4.78 is 17.3. The number of benzene rings is 2. The number of esters is 2. The van der Waals surface area contributed by atoms with Crippen molar-refractivity contribution in [3.05, 3.63) is 94.9 Å². The summed E-state index contributed by atoms with van der Waals surface area (Å²) in [7, 11) is 2.45. The molecule has 4 rings (SSSR count). The van der Waals surface area contributed by atoms with Crippen LogP contribution in [0.5, 0.6) is 5.75 Å². The number of aromatic nitrogens is 2. The van der Waals surface area contributed by atoms with Gasteiger partial charge in [-0.2, -0.15) is 0 Å². The van der Waals surface area contributed by atoms with Crippen molar-refractivity contribution in [1.82, 2.24) is 9.38 Å². The second-order valence-electron chi connectivity index (χ2n) is 7.68. The number of pyridine rings is 1. The van der Waals surface area contributed by atoms with Crippen molar-refractivity contribution in [3.63, 3.8) is 0 Å². The van der Waals surface area contributed by atoms with Gasteiger partial charge in [-0.25, -0.2) is 14.6 Å². The molecule has 0 saturated heterocycles. The molecule has 2 heterocycles. The predicted octanol–water partition coefficient (Wildman–Crippen LogP) is 4.05. The van der Waals surface area contributed by atoms with E-state index in [1.807, 2.05) is 35.9 Å². The Hall–Kier alpha value is -4.66. The number of anilines is 1. The molecular weight excluding hydrogens is 450 g/mol. The molecule has 0 saturated carbocycles. The van der Waals surface area contributed by atoms with Crippen LogP contribution in [0.2, 0.25) is 0 Å². The number of nitrogens with one attached hydrogen (secondary N) is 1. The van der Waals surface area contributed by atoms with Crippen LogP contribution in [0, 0.1) is 6.92 Å². The number of nitrogens with zero attached hydrogens (tertiary/aromatic N) is 2. The Morgan fingerprint density at radius 2 is 1.63 bits per heavy atom. The van der Waals surface area contributed by atoms with E-state index in [-0.39, 0.29) is 29.0 Å². The molecule has 0 spiro atoms. The molecule has 0 bridgehead atoms. The van der Waals surface area contributed by atoms with Crippen LogP contribution in [-0.2, 0) is 16.1 Å². The fourth-order valence-corrected chi connectivity index (χ4v) is 3.58. The second kappa shape index (κ2) is 10.1. The summed E-state index contributed by atoms with van der Waals surface area (Å²) in [6.07, 6.45) is 3.78. The van der Waals surface area contributed by atoms with E-state index in [9.17, 15) is 14.4 Å². The van der Waals surface area contributed by atoms with Gasteiger partial charge in [-0.1, -0.05) is 18.2 Å². The Morgan fingerprint density at radius 3 is 2.29 bits per heavy atom. The van der Waals surface area contributed by atoms with Gasteiger partial charge in [0.1, 0.15) is 18.0 Å². The first-order valence-electron chi connectivity index (χ1n) is 10.7. The van der Waals surface area contributed by atoms with Crippen LogP contribution >= 0.6 is 0 Å². The zero-order valence-electron chi connectivity index (χ0n) is 19.4. The normalized spacial score (nSPS) is 10.6. The highest BCUT2D eigenvalue weighted by Crippen LogP contribution is 2.23. The van der Waals surface area contributed by atoms with Crippen molar-refractivity contribution >= 4 is 29.2 Å². The Balaban J connectivity index is 1.56. The van der Waals surface area contributed by atoms with E-state index in [1.54, 1.807) is 24.3 Å². The smallest absolute Gasteiger partial charge is 0.337 e. The van der Waals surface area contributed by atoms with Gasteiger partial charge in [0.2, 0.25) is 0 Å². The van der Waals surface area contributed by atoms with Gasteiger partial charge in [-0.3, -0.25) is 4.79 Å². The average molecular weight is 473 g/mol. The van der Waals surface area contributed by atoms with Gasteiger partial charge >= 0.3 is 11.9 Å². The maximum absolute atomic E-state index is 13.1. The van der Waals surface area contributed by atoms with Crippen molar-refractivity contribution in [3.8, 4) is 5.75 Å². The van der Waals surface area contributed by atoms with Gasteiger partial charge < -0.3 is 23.9 Å². The van der Waals surface area contributed by atoms with Gasteiger partial charge in [0, 0.05) is 18.1 Å². The molecule has 9 nitrogen and oxygen atoms in total. The first-order chi connectivity index (χ1) is 16.9. The topological polar surface area (TPSA) is 108 Å².